The quantitative estimate of drug-likeness (QED) is 0.852. The minimum atomic E-state index is 0.0143. The molecule has 4 heteroatoms. The summed E-state index contributed by atoms with van der Waals surface area (Å²) >= 11 is 0. The maximum absolute atomic E-state index is 12.0. The van der Waals surface area contributed by atoms with Crippen molar-refractivity contribution >= 4 is 23.0 Å². The molecule has 0 aliphatic heterocycles. The monoisotopic (exact) mass is 311 g/mol. The van der Waals surface area contributed by atoms with Gasteiger partial charge in [0.15, 0.2) is 0 Å². The van der Waals surface area contributed by atoms with Crippen LogP contribution in [0.4, 0.5) is 17.1 Å². The third-order valence-electron chi connectivity index (χ3n) is 3.73. The van der Waals surface area contributed by atoms with Crippen molar-refractivity contribution in [2.45, 2.75) is 20.3 Å². The van der Waals surface area contributed by atoms with Crippen LogP contribution in [0.2, 0.25) is 0 Å². The number of hydrogen-bond acceptors (Lipinski definition) is 3. The zero-order chi connectivity index (χ0) is 16.8. The summed E-state index contributed by atoms with van der Waals surface area (Å²) in [4.78, 5) is 14.0. The molecule has 122 valence electrons. The standard InChI is InChI=1S/C19H25N3O/c1-14-5-6-15(2)18(13-14)20-12-11-19(23)21-16-7-9-17(10-8-16)22(3)4/h5-10,13,20H,11-12H2,1-4H3,(H,21,23). The van der Waals surface area contributed by atoms with E-state index in [9.17, 15) is 4.79 Å². The molecule has 0 bridgehead atoms. The Labute approximate surface area is 138 Å². The lowest BCUT2D eigenvalue weighted by molar-refractivity contribution is -0.115. The largest absolute Gasteiger partial charge is 0.384 e. The van der Waals surface area contributed by atoms with Crippen molar-refractivity contribution in [3.05, 3.63) is 53.6 Å². The van der Waals surface area contributed by atoms with E-state index in [0.29, 0.717) is 13.0 Å². The molecular formula is C19H25N3O. The normalized spacial score (nSPS) is 10.3. The van der Waals surface area contributed by atoms with Crippen LogP contribution in [0, 0.1) is 13.8 Å². The molecular weight excluding hydrogens is 286 g/mol. The third kappa shape index (κ3) is 5.02. The van der Waals surface area contributed by atoms with Crippen LogP contribution in [-0.2, 0) is 4.79 Å². The van der Waals surface area contributed by atoms with Gasteiger partial charge >= 0.3 is 0 Å². The molecule has 0 spiro atoms. The maximum atomic E-state index is 12.0. The second-order valence-electron chi connectivity index (χ2n) is 5.98. The van der Waals surface area contributed by atoms with Crippen molar-refractivity contribution in [3.63, 3.8) is 0 Å². The lowest BCUT2D eigenvalue weighted by Gasteiger charge is -2.13. The number of amides is 1. The van der Waals surface area contributed by atoms with Crippen molar-refractivity contribution in [2.75, 3.05) is 36.2 Å². The van der Waals surface area contributed by atoms with Crippen molar-refractivity contribution in [3.8, 4) is 0 Å². The summed E-state index contributed by atoms with van der Waals surface area (Å²) in [5.41, 5.74) is 5.43. The van der Waals surface area contributed by atoms with E-state index in [4.69, 9.17) is 0 Å². The van der Waals surface area contributed by atoms with E-state index in [1.54, 1.807) is 0 Å². The lowest BCUT2D eigenvalue weighted by atomic mass is 10.1. The zero-order valence-corrected chi connectivity index (χ0v) is 14.3. The molecule has 1 amide bonds. The van der Waals surface area contributed by atoms with Crippen molar-refractivity contribution in [1.29, 1.82) is 0 Å². The first-order valence-corrected chi connectivity index (χ1v) is 7.84. The molecule has 2 aromatic carbocycles. The van der Waals surface area contributed by atoms with Gasteiger partial charge in [0.05, 0.1) is 0 Å². The Bertz CT molecular complexity index is 663. The van der Waals surface area contributed by atoms with Crippen molar-refractivity contribution < 1.29 is 4.79 Å². The summed E-state index contributed by atoms with van der Waals surface area (Å²) in [5.74, 6) is 0.0143. The topological polar surface area (TPSA) is 44.4 Å². The Kier molecular flexibility index (Phi) is 5.63. The number of nitrogens with zero attached hydrogens (tertiary/aromatic N) is 1. The van der Waals surface area contributed by atoms with Crippen LogP contribution >= 0.6 is 0 Å². The van der Waals surface area contributed by atoms with E-state index in [2.05, 4.69) is 42.7 Å². The minimum absolute atomic E-state index is 0.0143. The molecule has 0 fully saturated rings. The molecule has 0 saturated carbocycles. The third-order valence-corrected chi connectivity index (χ3v) is 3.73. The highest BCUT2D eigenvalue weighted by atomic mass is 16.1. The molecule has 23 heavy (non-hydrogen) atoms. The first-order chi connectivity index (χ1) is 11.0. The van der Waals surface area contributed by atoms with E-state index >= 15 is 0 Å². The van der Waals surface area contributed by atoms with E-state index in [0.717, 1.165) is 17.1 Å². The smallest absolute Gasteiger partial charge is 0.226 e. The van der Waals surface area contributed by atoms with Gasteiger partial charge in [0, 0.05) is 44.1 Å². The summed E-state index contributed by atoms with van der Waals surface area (Å²) in [6.45, 7) is 4.74. The van der Waals surface area contributed by atoms with Crippen LogP contribution in [0.3, 0.4) is 0 Å². The van der Waals surface area contributed by atoms with E-state index < -0.39 is 0 Å². The summed E-state index contributed by atoms with van der Waals surface area (Å²) in [6.07, 6.45) is 0.433. The first-order valence-electron chi connectivity index (χ1n) is 7.84. The molecule has 0 aliphatic rings. The molecule has 0 unspecified atom stereocenters. The van der Waals surface area contributed by atoms with Crippen LogP contribution in [0.5, 0.6) is 0 Å². The highest BCUT2D eigenvalue weighted by Crippen LogP contribution is 2.17. The average molecular weight is 311 g/mol. The number of carbonyl (C=O) groups is 1. The number of carbonyl (C=O) groups excluding carboxylic acids is 1. The summed E-state index contributed by atoms with van der Waals surface area (Å²) < 4.78 is 0. The van der Waals surface area contributed by atoms with Crippen molar-refractivity contribution in [1.82, 2.24) is 0 Å². The number of aryl methyl sites for hydroxylation is 2. The van der Waals surface area contributed by atoms with Crippen molar-refractivity contribution in [2.24, 2.45) is 0 Å². The Balaban J connectivity index is 1.82. The Morgan fingerprint density at radius 2 is 1.74 bits per heavy atom. The molecule has 0 heterocycles. The van der Waals surface area contributed by atoms with Crippen LogP contribution in [0.15, 0.2) is 42.5 Å². The van der Waals surface area contributed by atoms with Gasteiger partial charge in [-0.2, -0.15) is 0 Å². The SMILES string of the molecule is Cc1ccc(C)c(NCCC(=O)Nc2ccc(N(C)C)cc2)c1. The van der Waals surface area contributed by atoms with Gasteiger partial charge < -0.3 is 15.5 Å². The molecule has 0 atom stereocenters. The summed E-state index contributed by atoms with van der Waals surface area (Å²) in [6, 6.07) is 14.1. The molecule has 0 radical (unpaired) electrons. The zero-order valence-electron chi connectivity index (χ0n) is 14.3. The average Bonchev–Trinajstić information content (AvgIpc) is 2.51. The predicted molar refractivity (Wildman–Crippen MR) is 98.4 cm³/mol. The molecule has 2 aromatic rings. The molecule has 4 nitrogen and oxygen atoms in total. The Hall–Kier alpha value is -2.49. The van der Waals surface area contributed by atoms with Gasteiger partial charge in [-0.15, -0.1) is 0 Å². The fourth-order valence-electron chi connectivity index (χ4n) is 2.30. The first kappa shape index (κ1) is 16.9. The number of anilines is 3. The summed E-state index contributed by atoms with van der Waals surface area (Å²) in [7, 11) is 3.99. The van der Waals surface area contributed by atoms with Gasteiger partial charge in [-0.3, -0.25) is 4.79 Å². The van der Waals surface area contributed by atoms with Gasteiger partial charge in [0.2, 0.25) is 5.91 Å². The second-order valence-corrected chi connectivity index (χ2v) is 5.98. The fourth-order valence-corrected chi connectivity index (χ4v) is 2.30. The highest BCUT2D eigenvalue weighted by Gasteiger charge is 2.04. The molecule has 2 N–H and O–H groups in total. The number of nitrogens with one attached hydrogen (secondary N) is 2. The van der Waals surface area contributed by atoms with Gasteiger partial charge in [-0.25, -0.2) is 0 Å². The van der Waals surface area contributed by atoms with E-state index in [-0.39, 0.29) is 5.91 Å². The van der Waals surface area contributed by atoms with Crippen LogP contribution < -0.4 is 15.5 Å². The number of rotatable bonds is 6. The highest BCUT2D eigenvalue weighted by molar-refractivity contribution is 5.91. The van der Waals surface area contributed by atoms with Gasteiger partial charge in [0.25, 0.3) is 0 Å². The van der Waals surface area contributed by atoms with Crippen LogP contribution in [0.25, 0.3) is 0 Å². The van der Waals surface area contributed by atoms with E-state index in [1.165, 1.54) is 11.1 Å². The van der Waals surface area contributed by atoms with Gasteiger partial charge in [0.1, 0.15) is 0 Å². The predicted octanol–water partition coefficient (Wildman–Crippen LogP) is 3.81. The van der Waals surface area contributed by atoms with Crippen LogP contribution in [0.1, 0.15) is 17.5 Å². The lowest BCUT2D eigenvalue weighted by Crippen LogP contribution is -2.16. The molecule has 0 aromatic heterocycles. The maximum Gasteiger partial charge on any atom is 0.226 e. The Morgan fingerprint density at radius 3 is 2.39 bits per heavy atom. The summed E-state index contributed by atoms with van der Waals surface area (Å²) in [5, 5.41) is 6.25. The van der Waals surface area contributed by atoms with Crippen LogP contribution in [-0.4, -0.2) is 26.5 Å². The van der Waals surface area contributed by atoms with E-state index in [1.807, 2.05) is 43.3 Å². The van der Waals surface area contributed by atoms with Gasteiger partial charge in [-0.1, -0.05) is 12.1 Å². The molecule has 0 aliphatic carbocycles. The minimum Gasteiger partial charge on any atom is -0.384 e. The Morgan fingerprint density at radius 1 is 1.04 bits per heavy atom. The fraction of sp³-hybridized carbons (Fsp3) is 0.316. The number of benzene rings is 2. The molecule has 2 rings (SSSR count). The van der Waals surface area contributed by atoms with Gasteiger partial charge in [-0.05, 0) is 55.3 Å². The number of hydrogen-bond donors (Lipinski definition) is 2. The molecule has 0 saturated heterocycles. The second kappa shape index (κ2) is 7.68.